The van der Waals surface area contributed by atoms with Crippen LogP contribution in [0, 0.1) is 0 Å². The van der Waals surface area contributed by atoms with Crippen molar-refractivity contribution in [2.45, 2.75) is 6.04 Å². The number of hydrogen-bond acceptors (Lipinski definition) is 5. The number of methoxy groups -OCH3 is 1. The molecule has 0 aromatic heterocycles. The van der Waals surface area contributed by atoms with Crippen LogP contribution in [-0.2, 0) is 19.7 Å². The fourth-order valence-electron chi connectivity index (χ4n) is 0.441. The highest BCUT2D eigenvalue weighted by molar-refractivity contribution is 7.87. The van der Waals surface area contributed by atoms with Gasteiger partial charge >= 0.3 is 5.97 Å². The summed E-state index contributed by atoms with van der Waals surface area (Å²) in [6.07, 6.45) is 0. The third kappa shape index (κ3) is 5.02. The molecule has 0 aromatic carbocycles. The molecule has 0 aliphatic heterocycles. The second-order valence-corrected chi connectivity index (χ2v) is 3.40. The molecule has 0 radical (unpaired) electrons. The van der Waals surface area contributed by atoms with Crippen molar-refractivity contribution in [3.05, 3.63) is 0 Å². The minimum atomic E-state index is -3.80. The smallest absolute Gasteiger partial charge is 0.324 e. The van der Waals surface area contributed by atoms with Gasteiger partial charge in [-0.3, -0.25) is 4.79 Å². The lowest BCUT2D eigenvalue weighted by Crippen LogP contribution is -2.44. The van der Waals surface area contributed by atoms with E-state index in [9.17, 15) is 13.2 Å². The summed E-state index contributed by atoms with van der Waals surface area (Å²) in [7, 11) is -2.65. The maximum absolute atomic E-state index is 10.6. The lowest BCUT2D eigenvalue weighted by molar-refractivity contribution is -0.141. The highest BCUT2D eigenvalue weighted by atomic mass is 32.2. The van der Waals surface area contributed by atoms with E-state index in [2.05, 4.69) is 9.88 Å². The first kappa shape index (κ1) is 11.3. The molecule has 0 aliphatic carbocycles. The first-order valence-electron chi connectivity index (χ1n) is 2.97. The number of hydrogen-bond donors (Lipinski definition) is 3. The highest BCUT2D eigenvalue weighted by Gasteiger charge is 2.15. The summed E-state index contributed by atoms with van der Waals surface area (Å²) in [6, 6.07) is -1.03. The van der Waals surface area contributed by atoms with E-state index >= 15 is 0 Å². The molecule has 5 N–H and O–H groups in total. The van der Waals surface area contributed by atoms with Crippen LogP contribution in [0.1, 0.15) is 0 Å². The van der Waals surface area contributed by atoms with Crippen molar-refractivity contribution in [2.75, 3.05) is 13.7 Å². The second kappa shape index (κ2) is 4.36. The number of carbonyl (C=O) groups excluding carboxylic acids is 1. The summed E-state index contributed by atoms with van der Waals surface area (Å²) in [5.74, 6) is -0.703. The molecule has 0 rings (SSSR count). The Balaban J connectivity index is 3.88. The van der Waals surface area contributed by atoms with Crippen LogP contribution in [0.15, 0.2) is 0 Å². The van der Waals surface area contributed by atoms with Crippen LogP contribution < -0.4 is 15.6 Å². The normalized spacial score (nSPS) is 13.9. The maximum atomic E-state index is 10.6. The van der Waals surface area contributed by atoms with Gasteiger partial charge in [-0.1, -0.05) is 0 Å². The molecule has 0 amide bonds. The number of esters is 1. The Morgan fingerprint density at radius 3 is 2.50 bits per heavy atom. The standard InChI is InChI=1S/C4H11N3O4S/c1-11-4(8)3(5)2-7-12(6,9)10/h3,7H,2,5H2,1H3,(H2,6,9,10). The van der Waals surface area contributed by atoms with Crippen molar-refractivity contribution in [1.29, 1.82) is 0 Å². The molecular formula is C4H11N3O4S. The van der Waals surface area contributed by atoms with Gasteiger partial charge in [0.25, 0.3) is 10.2 Å². The summed E-state index contributed by atoms with van der Waals surface area (Å²) in [5.41, 5.74) is 5.18. The third-order valence-electron chi connectivity index (χ3n) is 1.01. The predicted octanol–water partition coefficient (Wildman–Crippen LogP) is -2.72. The van der Waals surface area contributed by atoms with E-state index in [0.717, 1.165) is 7.11 Å². The first-order chi connectivity index (χ1) is 5.37. The summed E-state index contributed by atoms with van der Waals surface area (Å²) < 4.78 is 26.7. The molecule has 0 fully saturated rings. The van der Waals surface area contributed by atoms with Gasteiger partial charge < -0.3 is 10.5 Å². The molecule has 0 saturated carbocycles. The Morgan fingerprint density at radius 2 is 2.17 bits per heavy atom. The fraction of sp³-hybridized carbons (Fsp3) is 0.750. The van der Waals surface area contributed by atoms with E-state index in [4.69, 9.17) is 5.73 Å². The fourth-order valence-corrected chi connectivity index (χ4v) is 0.853. The Kier molecular flexibility index (Phi) is 4.10. The number of carbonyl (C=O) groups is 1. The molecule has 12 heavy (non-hydrogen) atoms. The van der Waals surface area contributed by atoms with E-state index < -0.39 is 22.2 Å². The zero-order chi connectivity index (χ0) is 9.78. The number of rotatable bonds is 4. The average molecular weight is 197 g/mol. The maximum Gasteiger partial charge on any atom is 0.324 e. The molecule has 1 unspecified atom stereocenters. The Bertz CT molecular complexity index is 249. The van der Waals surface area contributed by atoms with Crippen molar-refractivity contribution in [2.24, 2.45) is 10.9 Å². The van der Waals surface area contributed by atoms with Gasteiger partial charge in [0.05, 0.1) is 7.11 Å². The second-order valence-electron chi connectivity index (χ2n) is 2.02. The molecular weight excluding hydrogens is 186 g/mol. The van der Waals surface area contributed by atoms with Crippen molar-refractivity contribution in [3.8, 4) is 0 Å². The van der Waals surface area contributed by atoms with Gasteiger partial charge in [0, 0.05) is 6.54 Å². The van der Waals surface area contributed by atoms with Crippen LogP contribution in [-0.4, -0.2) is 34.1 Å². The van der Waals surface area contributed by atoms with Gasteiger partial charge in [0.15, 0.2) is 0 Å². The Labute approximate surface area is 70.2 Å². The van der Waals surface area contributed by atoms with Crippen LogP contribution in [0.25, 0.3) is 0 Å². The summed E-state index contributed by atoms with van der Waals surface area (Å²) in [4.78, 5) is 10.6. The molecule has 0 aliphatic rings. The monoisotopic (exact) mass is 197 g/mol. The molecule has 0 bridgehead atoms. The van der Waals surface area contributed by atoms with Crippen LogP contribution in [0.2, 0.25) is 0 Å². The van der Waals surface area contributed by atoms with Crippen LogP contribution in [0.5, 0.6) is 0 Å². The molecule has 1 atom stereocenters. The number of nitrogens with two attached hydrogens (primary N) is 2. The van der Waals surface area contributed by atoms with Gasteiger partial charge in [-0.15, -0.1) is 0 Å². The van der Waals surface area contributed by atoms with Crippen molar-refractivity contribution in [1.82, 2.24) is 4.72 Å². The van der Waals surface area contributed by atoms with E-state index in [1.54, 1.807) is 0 Å². The van der Waals surface area contributed by atoms with Crippen molar-refractivity contribution >= 4 is 16.2 Å². The minimum Gasteiger partial charge on any atom is -0.468 e. The number of ether oxygens (including phenoxy) is 1. The Morgan fingerprint density at radius 1 is 1.67 bits per heavy atom. The van der Waals surface area contributed by atoms with E-state index in [1.807, 2.05) is 4.72 Å². The zero-order valence-corrected chi connectivity index (χ0v) is 7.30. The van der Waals surface area contributed by atoms with Crippen LogP contribution in [0.4, 0.5) is 0 Å². The Hall–Kier alpha value is -0.700. The highest BCUT2D eigenvalue weighted by Crippen LogP contribution is 1.81. The van der Waals surface area contributed by atoms with E-state index in [0.29, 0.717) is 0 Å². The van der Waals surface area contributed by atoms with E-state index in [1.165, 1.54) is 0 Å². The summed E-state index contributed by atoms with van der Waals surface area (Å²) >= 11 is 0. The average Bonchev–Trinajstić information content (AvgIpc) is 1.97. The van der Waals surface area contributed by atoms with Gasteiger partial charge in [-0.05, 0) is 0 Å². The van der Waals surface area contributed by atoms with Crippen LogP contribution >= 0.6 is 0 Å². The quantitative estimate of drug-likeness (QED) is 0.422. The van der Waals surface area contributed by atoms with Gasteiger partial charge in [0.1, 0.15) is 6.04 Å². The lowest BCUT2D eigenvalue weighted by Gasteiger charge is -2.08. The largest absolute Gasteiger partial charge is 0.468 e. The van der Waals surface area contributed by atoms with Gasteiger partial charge in [0.2, 0.25) is 0 Å². The lowest BCUT2D eigenvalue weighted by atomic mass is 10.3. The molecule has 0 heterocycles. The molecule has 7 nitrogen and oxygen atoms in total. The topological polar surface area (TPSA) is 125 Å². The van der Waals surface area contributed by atoms with Crippen LogP contribution in [0.3, 0.4) is 0 Å². The zero-order valence-electron chi connectivity index (χ0n) is 6.48. The van der Waals surface area contributed by atoms with Crippen molar-refractivity contribution < 1.29 is 17.9 Å². The van der Waals surface area contributed by atoms with Gasteiger partial charge in [-0.25, -0.2) is 9.86 Å². The third-order valence-corrected chi connectivity index (χ3v) is 1.58. The summed E-state index contributed by atoms with van der Waals surface area (Å²) in [6.45, 7) is -0.272. The first-order valence-corrected chi connectivity index (χ1v) is 4.52. The molecule has 72 valence electrons. The molecule has 0 saturated heterocycles. The predicted molar refractivity (Wildman–Crippen MR) is 41.1 cm³/mol. The minimum absolute atomic E-state index is 0.272. The van der Waals surface area contributed by atoms with Crippen molar-refractivity contribution in [3.63, 3.8) is 0 Å². The molecule has 0 aromatic rings. The summed E-state index contributed by atoms with van der Waals surface area (Å²) in [5, 5.41) is 4.58. The van der Waals surface area contributed by atoms with E-state index in [-0.39, 0.29) is 6.54 Å². The molecule has 8 heteroatoms. The molecule has 0 spiro atoms. The van der Waals surface area contributed by atoms with Gasteiger partial charge in [-0.2, -0.15) is 8.42 Å². The number of nitrogens with one attached hydrogen (secondary N) is 1. The SMILES string of the molecule is COC(=O)C(N)CNS(N)(=O)=O.